The summed E-state index contributed by atoms with van der Waals surface area (Å²) >= 11 is 1.76. The lowest BCUT2D eigenvalue weighted by atomic mass is 10.2. The molecule has 1 aliphatic rings. The van der Waals surface area contributed by atoms with E-state index in [0.717, 1.165) is 19.4 Å². The number of aryl methyl sites for hydroxylation is 1. The fourth-order valence-electron chi connectivity index (χ4n) is 2.02. The summed E-state index contributed by atoms with van der Waals surface area (Å²) in [6.45, 7) is 3.46. The number of thiophene rings is 1. The molecule has 1 aliphatic heterocycles. The number of sulfone groups is 1. The Morgan fingerprint density at radius 2 is 2.31 bits per heavy atom. The SMILES string of the molecule is Cc1ccc(CNC[C@H]2CCCS2(=O)=O)s1. The van der Waals surface area contributed by atoms with Crippen molar-refractivity contribution in [3.63, 3.8) is 0 Å². The first-order valence-corrected chi connectivity index (χ1v) is 8.09. The fourth-order valence-corrected chi connectivity index (χ4v) is 4.68. The average molecular weight is 259 g/mol. The van der Waals surface area contributed by atoms with Crippen molar-refractivity contribution in [2.75, 3.05) is 12.3 Å². The van der Waals surface area contributed by atoms with Gasteiger partial charge >= 0.3 is 0 Å². The van der Waals surface area contributed by atoms with E-state index in [1.807, 2.05) is 0 Å². The van der Waals surface area contributed by atoms with Crippen molar-refractivity contribution in [1.82, 2.24) is 5.32 Å². The molecule has 0 amide bonds. The normalized spacial score (nSPS) is 23.7. The van der Waals surface area contributed by atoms with Gasteiger partial charge in [-0.25, -0.2) is 8.42 Å². The first-order chi connectivity index (χ1) is 7.58. The predicted molar refractivity (Wildman–Crippen MR) is 67.6 cm³/mol. The molecule has 0 saturated carbocycles. The summed E-state index contributed by atoms with van der Waals surface area (Å²) in [4.78, 5) is 2.57. The Morgan fingerprint density at radius 1 is 1.50 bits per heavy atom. The third-order valence-corrected chi connectivity index (χ3v) is 6.21. The molecule has 2 rings (SSSR count). The quantitative estimate of drug-likeness (QED) is 0.895. The Kier molecular flexibility index (Phi) is 3.66. The van der Waals surface area contributed by atoms with Crippen LogP contribution >= 0.6 is 11.3 Å². The number of rotatable bonds is 4. The van der Waals surface area contributed by atoms with Crippen LogP contribution in [-0.2, 0) is 16.4 Å². The minimum Gasteiger partial charge on any atom is -0.311 e. The fraction of sp³-hybridized carbons (Fsp3) is 0.636. The lowest BCUT2D eigenvalue weighted by Crippen LogP contribution is -2.29. The molecule has 16 heavy (non-hydrogen) atoms. The Bertz CT molecular complexity index is 450. The topological polar surface area (TPSA) is 46.2 Å². The third-order valence-electron chi connectivity index (χ3n) is 2.93. The van der Waals surface area contributed by atoms with Crippen molar-refractivity contribution in [2.24, 2.45) is 0 Å². The maximum Gasteiger partial charge on any atom is 0.154 e. The molecule has 1 aromatic heterocycles. The van der Waals surface area contributed by atoms with Crippen LogP contribution < -0.4 is 5.32 Å². The van der Waals surface area contributed by atoms with Gasteiger partial charge in [-0.15, -0.1) is 11.3 Å². The van der Waals surface area contributed by atoms with Gasteiger partial charge in [-0.1, -0.05) is 0 Å². The summed E-state index contributed by atoms with van der Waals surface area (Å²) in [5, 5.41) is 3.09. The van der Waals surface area contributed by atoms with E-state index in [1.54, 1.807) is 11.3 Å². The van der Waals surface area contributed by atoms with Crippen molar-refractivity contribution in [2.45, 2.75) is 31.6 Å². The molecule has 0 radical (unpaired) electrons. The Labute approximate surface area is 101 Å². The highest BCUT2D eigenvalue weighted by molar-refractivity contribution is 7.92. The van der Waals surface area contributed by atoms with Crippen LogP contribution in [0.3, 0.4) is 0 Å². The molecular formula is C11H17NO2S2. The molecule has 0 bridgehead atoms. The molecule has 1 aromatic rings. The standard InChI is InChI=1S/C11H17NO2S2/c1-9-4-5-10(15-9)7-12-8-11-3-2-6-16(11,13)14/h4-5,11-12H,2-3,6-8H2,1H3/t11-/m1/s1. The van der Waals surface area contributed by atoms with Gasteiger partial charge in [0.15, 0.2) is 9.84 Å². The number of hydrogen-bond acceptors (Lipinski definition) is 4. The summed E-state index contributed by atoms with van der Waals surface area (Å²) in [6.07, 6.45) is 1.64. The first-order valence-electron chi connectivity index (χ1n) is 5.55. The van der Waals surface area contributed by atoms with Gasteiger partial charge in [0.25, 0.3) is 0 Å². The van der Waals surface area contributed by atoms with Crippen molar-refractivity contribution in [1.29, 1.82) is 0 Å². The second-order valence-corrected chi connectivity index (χ2v) is 8.05. The van der Waals surface area contributed by atoms with Crippen LogP contribution in [0.1, 0.15) is 22.6 Å². The van der Waals surface area contributed by atoms with Crippen LogP contribution in [0.4, 0.5) is 0 Å². The van der Waals surface area contributed by atoms with E-state index in [4.69, 9.17) is 0 Å². The monoisotopic (exact) mass is 259 g/mol. The molecule has 3 nitrogen and oxygen atoms in total. The largest absolute Gasteiger partial charge is 0.311 e. The van der Waals surface area contributed by atoms with E-state index < -0.39 is 9.84 Å². The highest BCUT2D eigenvalue weighted by Crippen LogP contribution is 2.19. The minimum atomic E-state index is -2.80. The van der Waals surface area contributed by atoms with Crippen molar-refractivity contribution in [3.8, 4) is 0 Å². The second kappa shape index (κ2) is 4.85. The van der Waals surface area contributed by atoms with E-state index in [9.17, 15) is 8.42 Å². The zero-order valence-corrected chi connectivity index (χ0v) is 11.0. The smallest absolute Gasteiger partial charge is 0.154 e. The summed E-state index contributed by atoms with van der Waals surface area (Å²) < 4.78 is 23.1. The van der Waals surface area contributed by atoms with Crippen LogP contribution in [0.2, 0.25) is 0 Å². The number of hydrogen-bond donors (Lipinski definition) is 1. The van der Waals surface area contributed by atoms with Gasteiger partial charge in [0.2, 0.25) is 0 Å². The second-order valence-electron chi connectivity index (χ2n) is 4.27. The predicted octanol–water partition coefficient (Wildman–Crippen LogP) is 1.72. The van der Waals surface area contributed by atoms with Gasteiger partial charge in [-0.3, -0.25) is 0 Å². The Balaban J connectivity index is 1.80. The van der Waals surface area contributed by atoms with Crippen molar-refractivity contribution < 1.29 is 8.42 Å². The Morgan fingerprint density at radius 3 is 2.88 bits per heavy atom. The Hall–Kier alpha value is -0.390. The lowest BCUT2D eigenvalue weighted by molar-refractivity contribution is 0.575. The molecule has 0 aliphatic carbocycles. The van der Waals surface area contributed by atoms with E-state index >= 15 is 0 Å². The lowest BCUT2D eigenvalue weighted by Gasteiger charge is -2.09. The zero-order valence-electron chi connectivity index (χ0n) is 9.40. The summed E-state index contributed by atoms with van der Waals surface area (Å²) in [6, 6.07) is 4.18. The van der Waals surface area contributed by atoms with E-state index in [-0.39, 0.29) is 5.25 Å². The molecule has 2 heterocycles. The molecule has 0 spiro atoms. The van der Waals surface area contributed by atoms with E-state index in [2.05, 4.69) is 24.4 Å². The number of nitrogens with one attached hydrogen (secondary N) is 1. The van der Waals surface area contributed by atoms with Crippen LogP contribution in [0.25, 0.3) is 0 Å². The van der Waals surface area contributed by atoms with Gasteiger partial charge in [0.05, 0.1) is 11.0 Å². The summed E-state index contributed by atoms with van der Waals surface area (Å²) in [5.41, 5.74) is 0. The molecule has 1 N–H and O–H groups in total. The van der Waals surface area contributed by atoms with Crippen LogP contribution in [0.15, 0.2) is 12.1 Å². The van der Waals surface area contributed by atoms with Crippen LogP contribution in [-0.4, -0.2) is 26.0 Å². The van der Waals surface area contributed by atoms with Gasteiger partial charge < -0.3 is 5.32 Å². The van der Waals surface area contributed by atoms with Crippen LogP contribution in [0, 0.1) is 6.92 Å². The molecular weight excluding hydrogens is 242 g/mol. The molecule has 1 atom stereocenters. The van der Waals surface area contributed by atoms with Crippen LogP contribution in [0.5, 0.6) is 0 Å². The van der Waals surface area contributed by atoms with E-state index in [1.165, 1.54) is 9.75 Å². The maximum atomic E-state index is 11.6. The molecule has 0 unspecified atom stereocenters. The first kappa shape index (κ1) is 12.1. The molecule has 5 heteroatoms. The molecule has 1 saturated heterocycles. The van der Waals surface area contributed by atoms with Crippen molar-refractivity contribution >= 4 is 21.2 Å². The average Bonchev–Trinajstić information content (AvgIpc) is 2.74. The van der Waals surface area contributed by atoms with Gasteiger partial charge in [0, 0.05) is 22.8 Å². The van der Waals surface area contributed by atoms with Gasteiger partial charge in [-0.2, -0.15) is 0 Å². The highest BCUT2D eigenvalue weighted by atomic mass is 32.2. The zero-order chi connectivity index (χ0) is 11.6. The summed E-state index contributed by atoms with van der Waals surface area (Å²) in [7, 11) is -2.80. The summed E-state index contributed by atoms with van der Waals surface area (Å²) in [5.74, 6) is 0.372. The van der Waals surface area contributed by atoms with Gasteiger partial charge in [0.1, 0.15) is 0 Å². The molecule has 1 fully saturated rings. The van der Waals surface area contributed by atoms with E-state index in [0.29, 0.717) is 12.3 Å². The highest BCUT2D eigenvalue weighted by Gasteiger charge is 2.30. The third kappa shape index (κ3) is 2.84. The molecule has 90 valence electrons. The molecule has 0 aromatic carbocycles. The van der Waals surface area contributed by atoms with Crippen molar-refractivity contribution in [3.05, 3.63) is 21.9 Å². The van der Waals surface area contributed by atoms with Gasteiger partial charge in [-0.05, 0) is 31.9 Å². The maximum absolute atomic E-state index is 11.6. The minimum absolute atomic E-state index is 0.159.